The molecule has 0 N–H and O–H groups in total. The second-order valence-electron chi connectivity index (χ2n) is 10.8. The van der Waals surface area contributed by atoms with Gasteiger partial charge in [0.05, 0.1) is 33.5 Å². The molecule has 2 heterocycles. The zero-order valence-corrected chi connectivity index (χ0v) is 25.1. The smallest absolute Gasteiger partial charge is 0.119 e. The van der Waals surface area contributed by atoms with Crippen molar-refractivity contribution in [2.45, 2.75) is 13.3 Å². The molecule has 0 radical (unpaired) electrons. The van der Waals surface area contributed by atoms with E-state index in [9.17, 15) is 0 Å². The maximum atomic E-state index is 6.09. The minimum atomic E-state index is 0.671. The molecule has 0 amide bonds. The van der Waals surface area contributed by atoms with Gasteiger partial charge in [0.25, 0.3) is 0 Å². The van der Waals surface area contributed by atoms with Crippen molar-refractivity contribution in [2.75, 3.05) is 86.0 Å². The van der Waals surface area contributed by atoms with Crippen LogP contribution in [0, 0.1) is 0 Å². The van der Waals surface area contributed by atoms with Gasteiger partial charge in [0.15, 0.2) is 0 Å². The molecule has 2 aliphatic rings. The fraction of sp³-hybridized carbons (Fsp3) is 0.429. The highest BCUT2D eigenvalue weighted by atomic mass is 16.5. The predicted molar refractivity (Wildman–Crippen MR) is 167 cm³/mol. The van der Waals surface area contributed by atoms with Gasteiger partial charge in [-0.25, -0.2) is 0 Å². The molecular weight excluding hydrogens is 528 g/mol. The van der Waals surface area contributed by atoms with Crippen molar-refractivity contribution in [3.8, 4) is 17.2 Å². The maximum absolute atomic E-state index is 6.09. The summed E-state index contributed by atoms with van der Waals surface area (Å²) in [6, 6.07) is 25.3. The third-order valence-electron chi connectivity index (χ3n) is 7.88. The fourth-order valence-corrected chi connectivity index (χ4v) is 5.51. The van der Waals surface area contributed by atoms with E-state index in [1.54, 1.807) is 7.11 Å². The van der Waals surface area contributed by atoms with Gasteiger partial charge in [0.2, 0.25) is 0 Å². The quantitative estimate of drug-likeness (QED) is 0.280. The Morgan fingerprint density at radius 1 is 0.667 bits per heavy atom. The van der Waals surface area contributed by atoms with E-state index in [-0.39, 0.29) is 0 Å². The van der Waals surface area contributed by atoms with Gasteiger partial charge in [0, 0.05) is 39.3 Å². The molecule has 3 aromatic rings. The molecule has 0 aromatic heterocycles. The molecule has 2 aliphatic heterocycles. The third-order valence-corrected chi connectivity index (χ3v) is 7.88. The number of rotatable bonds is 13. The molecule has 7 heteroatoms. The number of hydrogen-bond donors (Lipinski definition) is 0. The van der Waals surface area contributed by atoms with E-state index in [2.05, 4.69) is 77.4 Å². The summed E-state index contributed by atoms with van der Waals surface area (Å²) in [4.78, 5) is 4.77. The highest BCUT2D eigenvalue weighted by molar-refractivity contribution is 5.82. The molecule has 0 atom stereocenters. The van der Waals surface area contributed by atoms with Crippen LogP contribution in [0.1, 0.15) is 23.6 Å². The van der Waals surface area contributed by atoms with E-state index in [1.165, 1.54) is 16.7 Å². The van der Waals surface area contributed by atoms with E-state index in [0.717, 1.165) is 100 Å². The number of methoxy groups -OCH3 is 1. The zero-order chi connectivity index (χ0) is 29.0. The van der Waals surface area contributed by atoms with Crippen molar-refractivity contribution in [1.29, 1.82) is 0 Å². The standard InChI is InChI=1S/C35H44N2O5/c1-28(26-29-4-3-5-34(27-29)38-2)35(30-6-10-32(11-7-30)41-24-18-36-14-20-39-21-15-36)31-8-12-33(13-9-31)42-25-19-37-16-22-40-23-17-37/h3-13,27H,14-26H2,1-2H3. The summed E-state index contributed by atoms with van der Waals surface area (Å²) in [5.41, 5.74) is 6.05. The molecule has 7 nitrogen and oxygen atoms in total. The zero-order valence-electron chi connectivity index (χ0n) is 25.1. The third kappa shape index (κ3) is 8.82. The highest BCUT2D eigenvalue weighted by Gasteiger charge is 2.14. The van der Waals surface area contributed by atoms with Crippen LogP contribution in [0.3, 0.4) is 0 Å². The van der Waals surface area contributed by atoms with Crippen molar-refractivity contribution in [2.24, 2.45) is 0 Å². The average molecular weight is 573 g/mol. The lowest BCUT2D eigenvalue weighted by Crippen LogP contribution is -2.38. The summed E-state index contributed by atoms with van der Waals surface area (Å²) in [5, 5.41) is 0. The maximum Gasteiger partial charge on any atom is 0.119 e. The lowest BCUT2D eigenvalue weighted by molar-refractivity contribution is 0.0321. The summed E-state index contributed by atoms with van der Waals surface area (Å²) in [6.07, 6.45) is 0.822. The molecule has 2 saturated heterocycles. The Kier molecular flexibility index (Phi) is 11.3. The van der Waals surface area contributed by atoms with Crippen molar-refractivity contribution in [3.63, 3.8) is 0 Å². The molecular formula is C35H44N2O5. The van der Waals surface area contributed by atoms with Crippen LogP contribution in [-0.4, -0.2) is 95.8 Å². The minimum absolute atomic E-state index is 0.671. The first-order chi connectivity index (χ1) is 20.7. The van der Waals surface area contributed by atoms with Crippen molar-refractivity contribution in [3.05, 3.63) is 95.1 Å². The molecule has 42 heavy (non-hydrogen) atoms. The highest BCUT2D eigenvalue weighted by Crippen LogP contribution is 2.31. The Bertz CT molecular complexity index is 1190. The van der Waals surface area contributed by atoms with Gasteiger partial charge < -0.3 is 23.7 Å². The Morgan fingerprint density at radius 2 is 1.17 bits per heavy atom. The normalized spacial score (nSPS) is 16.1. The molecule has 224 valence electrons. The van der Waals surface area contributed by atoms with Gasteiger partial charge in [0.1, 0.15) is 30.5 Å². The molecule has 0 saturated carbocycles. The van der Waals surface area contributed by atoms with Crippen molar-refractivity contribution >= 4 is 5.57 Å². The predicted octanol–water partition coefficient (Wildman–Crippen LogP) is 5.18. The first-order valence-electron chi connectivity index (χ1n) is 15.1. The summed E-state index contributed by atoms with van der Waals surface area (Å²) in [7, 11) is 1.71. The Morgan fingerprint density at radius 3 is 1.64 bits per heavy atom. The van der Waals surface area contributed by atoms with Crippen molar-refractivity contribution < 1.29 is 23.7 Å². The van der Waals surface area contributed by atoms with Crippen LogP contribution in [0.25, 0.3) is 5.57 Å². The molecule has 3 aromatic carbocycles. The van der Waals surface area contributed by atoms with Crippen LogP contribution < -0.4 is 14.2 Å². The van der Waals surface area contributed by atoms with E-state index in [0.29, 0.717) is 13.2 Å². The molecule has 2 fully saturated rings. The van der Waals surface area contributed by atoms with Crippen molar-refractivity contribution in [1.82, 2.24) is 9.80 Å². The molecule has 0 unspecified atom stereocenters. The number of benzene rings is 3. The van der Waals surface area contributed by atoms with Gasteiger partial charge in [-0.2, -0.15) is 0 Å². The number of hydrogen-bond acceptors (Lipinski definition) is 7. The Hall–Kier alpha value is -3.36. The summed E-state index contributed by atoms with van der Waals surface area (Å²) in [5.74, 6) is 2.65. The van der Waals surface area contributed by atoms with Gasteiger partial charge in [-0.1, -0.05) is 42.0 Å². The molecule has 0 aliphatic carbocycles. The summed E-state index contributed by atoms with van der Waals surface area (Å²) in [6.45, 7) is 12.5. The fourth-order valence-electron chi connectivity index (χ4n) is 5.51. The van der Waals surface area contributed by atoms with Gasteiger partial charge in [-0.15, -0.1) is 0 Å². The first-order valence-corrected chi connectivity index (χ1v) is 15.1. The molecule has 5 rings (SSSR count). The van der Waals surface area contributed by atoms with E-state index < -0.39 is 0 Å². The lowest BCUT2D eigenvalue weighted by atomic mass is 9.90. The van der Waals surface area contributed by atoms with Crippen LogP contribution in [0.5, 0.6) is 17.2 Å². The monoisotopic (exact) mass is 572 g/mol. The van der Waals surface area contributed by atoms with E-state index >= 15 is 0 Å². The van der Waals surface area contributed by atoms with Crippen LogP contribution >= 0.6 is 0 Å². The second-order valence-corrected chi connectivity index (χ2v) is 10.8. The average Bonchev–Trinajstić information content (AvgIpc) is 3.04. The van der Waals surface area contributed by atoms with Gasteiger partial charge >= 0.3 is 0 Å². The largest absolute Gasteiger partial charge is 0.497 e. The molecule has 0 spiro atoms. The Labute approximate surface area is 250 Å². The van der Waals surface area contributed by atoms with Gasteiger partial charge in [-0.05, 0) is 72.0 Å². The first kappa shape index (κ1) is 30.1. The molecule has 0 bridgehead atoms. The summed E-state index contributed by atoms with van der Waals surface area (Å²) < 4.78 is 28.5. The summed E-state index contributed by atoms with van der Waals surface area (Å²) >= 11 is 0. The van der Waals surface area contributed by atoms with Crippen LogP contribution in [0.15, 0.2) is 78.4 Å². The van der Waals surface area contributed by atoms with E-state index in [4.69, 9.17) is 23.7 Å². The van der Waals surface area contributed by atoms with Crippen LogP contribution in [-0.2, 0) is 15.9 Å². The minimum Gasteiger partial charge on any atom is -0.497 e. The topological polar surface area (TPSA) is 52.6 Å². The SMILES string of the molecule is COc1cccc(CC(C)=C(c2ccc(OCCN3CCOCC3)cc2)c2ccc(OCCN3CCOCC3)cc2)c1. The van der Waals surface area contributed by atoms with Crippen LogP contribution in [0.2, 0.25) is 0 Å². The van der Waals surface area contributed by atoms with E-state index in [1.807, 2.05) is 12.1 Å². The van der Waals surface area contributed by atoms with Gasteiger partial charge in [-0.3, -0.25) is 9.80 Å². The lowest BCUT2D eigenvalue weighted by Gasteiger charge is -2.26. The Balaban J connectivity index is 1.29. The number of allylic oxidation sites excluding steroid dienone is 1. The number of morpholine rings is 2. The number of nitrogens with zero attached hydrogens (tertiary/aromatic N) is 2. The number of ether oxygens (including phenoxy) is 5. The van der Waals surface area contributed by atoms with Crippen LogP contribution in [0.4, 0.5) is 0 Å². The second kappa shape index (κ2) is 15.8.